The molecule has 3 saturated carbocycles. The average molecular weight is 264 g/mol. The van der Waals surface area contributed by atoms with Crippen LogP contribution < -0.4 is 0 Å². The summed E-state index contributed by atoms with van der Waals surface area (Å²) in [5.74, 6) is 1.37. The van der Waals surface area contributed by atoms with Crippen molar-refractivity contribution in [2.24, 2.45) is 35.5 Å². The van der Waals surface area contributed by atoms with Crippen LogP contribution in [0.15, 0.2) is 12.7 Å². The summed E-state index contributed by atoms with van der Waals surface area (Å²) >= 11 is 0. The predicted octanol–water partition coefficient (Wildman–Crippen LogP) is 2.10. The van der Waals surface area contributed by atoms with Gasteiger partial charge in [-0.15, -0.1) is 0 Å². The molecule has 0 aromatic heterocycles. The number of carboxylic acid groups (broad SMARTS) is 1. The van der Waals surface area contributed by atoms with E-state index in [1.807, 2.05) is 0 Å². The first kappa shape index (κ1) is 12.7. The Labute approximate surface area is 112 Å². The van der Waals surface area contributed by atoms with Gasteiger partial charge in [-0.25, -0.2) is 4.79 Å². The number of esters is 1. The maximum absolute atomic E-state index is 11.3. The minimum Gasteiger partial charge on any atom is -0.481 e. The van der Waals surface area contributed by atoms with Crippen molar-refractivity contribution in [2.45, 2.75) is 25.7 Å². The summed E-state index contributed by atoms with van der Waals surface area (Å²) in [7, 11) is 0. The molecule has 0 heterocycles. The number of carbonyl (C=O) groups is 2. The Hall–Kier alpha value is -1.32. The monoisotopic (exact) mass is 264 g/mol. The van der Waals surface area contributed by atoms with Gasteiger partial charge in [0.25, 0.3) is 0 Å². The second kappa shape index (κ2) is 4.66. The molecule has 4 nitrogen and oxygen atoms in total. The topological polar surface area (TPSA) is 63.6 Å². The molecule has 3 aliphatic carbocycles. The van der Waals surface area contributed by atoms with Crippen LogP contribution in [0.4, 0.5) is 0 Å². The molecule has 2 bridgehead atoms. The third kappa shape index (κ3) is 1.97. The molecule has 0 aromatic rings. The number of hydrogen-bond acceptors (Lipinski definition) is 3. The number of aliphatic carboxylic acids is 1. The molecule has 3 aliphatic rings. The molecule has 104 valence electrons. The first-order valence-electron chi connectivity index (χ1n) is 7.13. The Bertz CT molecular complexity index is 416. The van der Waals surface area contributed by atoms with Gasteiger partial charge in [0.15, 0.2) is 0 Å². The van der Waals surface area contributed by atoms with Gasteiger partial charge in [0.1, 0.15) is 0 Å². The van der Waals surface area contributed by atoms with Gasteiger partial charge in [-0.1, -0.05) is 6.58 Å². The summed E-state index contributed by atoms with van der Waals surface area (Å²) in [6, 6.07) is 0. The SMILES string of the molecule is C=CC(=O)OCC1CC2CC1C1CCC(C(=O)O)C21. The Morgan fingerprint density at radius 1 is 1.26 bits per heavy atom. The zero-order valence-electron chi connectivity index (χ0n) is 11.0. The van der Waals surface area contributed by atoms with Gasteiger partial charge in [0.2, 0.25) is 0 Å². The summed E-state index contributed by atoms with van der Waals surface area (Å²) in [5, 5.41) is 9.28. The number of rotatable bonds is 4. The van der Waals surface area contributed by atoms with Crippen LogP contribution in [0.1, 0.15) is 25.7 Å². The quantitative estimate of drug-likeness (QED) is 0.624. The van der Waals surface area contributed by atoms with Crippen molar-refractivity contribution in [1.29, 1.82) is 0 Å². The van der Waals surface area contributed by atoms with Gasteiger partial charge in [0.05, 0.1) is 12.5 Å². The fourth-order valence-electron chi connectivity index (χ4n) is 5.00. The zero-order valence-corrected chi connectivity index (χ0v) is 11.0. The summed E-state index contributed by atoms with van der Waals surface area (Å²) in [6.07, 6.45) is 5.23. The first-order valence-corrected chi connectivity index (χ1v) is 7.13. The third-order valence-corrected chi connectivity index (χ3v) is 5.57. The molecule has 3 rings (SSSR count). The van der Waals surface area contributed by atoms with Crippen molar-refractivity contribution in [3.05, 3.63) is 12.7 Å². The maximum Gasteiger partial charge on any atom is 0.330 e. The van der Waals surface area contributed by atoms with Crippen molar-refractivity contribution >= 4 is 11.9 Å². The second-order valence-corrected chi connectivity index (χ2v) is 6.25. The normalized spacial score (nSPS) is 42.9. The number of carboxylic acids is 1. The summed E-state index contributed by atoms with van der Waals surface area (Å²) in [6.45, 7) is 3.88. The maximum atomic E-state index is 11.3. The largest absolute Gasteiger partial charge is 0.481 e. The standard InChI is InChI=1S/C15H20O4/c1-2-13(16)19-7-9-5-8-6-12(9)10-3-4-11(14(8)10)15(17)18/h2,8-12,14H,1,3-7H2,(H,17,18). The summed E-state index contributed by atoms with van der Waals surface area (Å²) in [4.78, 5) is 22.4. The molecular weight excluding hydrogens is 244 g/mol. The Morgan fingerprint density at radius 3 is 2.74 bits per heavy atom. The highest BCUT2D eigenvalue weighted by Gasteiger charge is 2.58. The molecule has 4 heteroatoms. The first-order chi connectivity index (χ1) is 9.11. The molecule has 6 unspecified atom stereocenters. The van der Waals surface area contributed by atoms with E-state index in [4.69, 9.17) is 4.74 Å². The Morgan fingerprint density at radius 2 is 2.05 bits per heavy atom. The number of fused-ring (bicyclic) bond motifs is 5. The minimum absolute atomic E-state index is 0.128. The van der Waals surface area contributed by atoms with Gasteiger partial charge in [0, 0.05) is 6.08 Å². The minimum atomic E-state index is -0.616. The Balaban J connectivity index is 1.64. The van der Waals surface area contributed by atoms with E-state index in [0.29, 0.717) is 36.2 Å². The fourth-order valence-corrected chi connectivity index (χ4v) is 5.00. The number of hydrogen-bond donors (Lipinski definition) is 1. The smallest absolute Gasteiger partial charge is 0.330 e. The molecule has 19 heavy (non-hydrogen) atoms. The highest BCUT2D eigenvalue weighted by Crippen LogP contribution is 2.62. The number of ether oxygens (including phenoxy) is 1. The van der Waals surface area contributed by atoms with Crippen LogP contribution >= 0.6 is 0 Å². The molecule has 0 aliphatic heterocycles. The lowest BCUT2D eigenvalue weighted by atomic mass is 9.73. The van der Waals surface area contributed by atoms with Gasteiger partial charge < -0.3 is 9.84 Å². The molecule has 3 fully saturated rings. The Kier molecular flexibility index (Phi) is 3.11. The molecule has 0 spiro atoms. The molecule has 0 saturated heterocycles. The molecule has 6 atom stereocenters. The van der Waals surface area contributed by atoms with Crippen LogP contribution in [0.25, 0.3) is 0 Å². The molecule has 0 amide bonds. The van der Waals surface area contributed by atoms with E-state index >= 15 is 0 Å². The van der Waals surface area contributed by atoms with Gasteiger partial charge in [-0.05, 0) is 55.3 Å². The van der Waals surface area contributed by atoms with E-state index in [0.717, 1.165) is 25.7 Å². The van der Waals surface area contributed by atoms with Crippen LogP contribution in [0.2, 0.25) is 0 Å². The lowest BCUT2D eigenvalue weighted by molar-refractivity contribution is -0.144. The lowest BCUT2D eigenvalue weighted by Gasteiger charge is -2.32. The van der Waals surface area contributed by atoms with Crippen LogP contribution in [0, 0.1) is 35.5 Å². The highest BCUT2D eigenvalue weighted by molar-refractivity contribution is 5.81. The summed E-state index contributed by atoms with van der Waals surface area (Å²) < 4.78 is 5.18. The van der Waals surface area contributed by atoms with Gasteiger partial charge in [-0.3, -0.25) is 4.79 Å². The molecule has 0 aromatic carbocycles. The second-order valence-electron chi connectivity index (χ2n) is 6.25. The average Bonchev–Trinajstić information content (AvgIpc) is 3.05. The third-order valence-electron chi connectivity index (χ3n) is 5.57. The van der Waals surface area contributed by atoms with Crippen molar-refractivity contribution in [3.63, 3.8) is 0 Å². The van der Waals surface area contributed by atoms with Gasteiger partial charge in [-0.2, -0.15) is 0 Å². The van der Waals surface area contributed by atoms with E-state index in [2.05, 4.69) is 6.58 Å². The molecular formula is C15H20O4. The van der Waals surface area contributed by atoms with Crippen LogP contribution in [0.3, 0.4) is 0 Å². The summed E-state index contributed by atoms with van der Waals surface area (Å²) in [5.41, 5.74) is 0. The van der Waals surface area contributed by atoms with Crippen LogP contribution in [-0.2, 0) is 14.3 Å². The highest BCUT2D eigenvalue weighted by atomic mass is 16.5. The van der Waals surface area contributed by atoms with E-state index in [-0.39, 0.29) is 11.9 Å². The fraction of sp³-hybridized carbons (Fsp3) is 0.733. The molecule has 0 radical (unpaired) electrons. The van der Waals surface area contributed by atoms with E-state index in [9.17, 15) is 14.7 Å². The van der Waals surface area contributed by atoms with Crippen molar-refractivity contribution in [3.8, 4) is 0 Å². The van der Waals surface area contributed by atoms with E-state index in [1.165, 1.54) is 6.08 Å². The van der Waals surface area contributed by atoms with Crippen molar-refractivity contribution in [2.75, 3.05) is 6.61 Å². The van der Waals surface area contributed by atoms with Gasteiger partial charge >= 0.3 is 11.9 Å². The molecule has 1 N–H and O–H groups in total. The van der Waals surface area contributed by atoms with E-state index < -0.39 is 5.97 Å². The van der Waals surface area contributed by atoms with Crippen LogP contribution in [0.5, 0.6) is 0 Å². The lowest BCUT2D eigenvalue weighted by Crippen LogP contribution is -2.32. The number of carbonyl (C=O) groups excluding carboxylic acids is 1. The van der Waals surface area contributed by atoms with Crippen molar-refractivity contribution in [1.82, 2.24) is 0 Å². The van der Waals surface area contributed by atoms with E-state index in [1.54, 1.807) is 0 Å². The van der Waals surface area contributed by atoms with Crippen LogP contribution in [-0.4, -0.2) is 23.7 Å². The zero-order chi connectivity index (χ0) is 13.6. The predicted molar refractivity (Wildman–Crippen MR) is 68.2 cm³/mol. The van der Waals surface area contributed by atoms with Crippen molar-refractivity contribution < 1.29 is 19.4 Å².